The van der Waals surface area contributed by atoms with Gasteiger partial charge in [0.1, 0.15) is 22.8 Å². The fraction of sp³-hybridized carbons (Fsp3) is 0.188. The number of para-hydroxylation sites is 1. The highest BCUT2D eigenvalue weighted by atomic mass is 19.1. The monoisotopic (exact) mass is 550 g/mol. The SMILES string of the molecule is COc1ccc2c(c1)C(NC(=O)c1cc3c4ccccc4n(C(C)=O)c3cn1)(C(C)C)C(=O)N2c1ccc(F)cc1. The number of carbonyl (C=O) groups is 3. The average Bonchev–Trinajstić information content (AvgIpc) is 3.43. The molecule has 6 rings (SSSR count). The van der Waals surface area contributed by atoms with E-state index in [1.165, 1.54) is 49.4 Å². The summed E-state index contributed by atoms with van der Waals surface area (Å²) < 4.78 is 20.8. The van der Waals surface area contributed by atoms with Gasteiger partial charge in [0.15, 0.2) is 0 Å². The molecule has 1 atom stereocenters. The van der Waals surface area contributed by atoms with E-state index in [0.29, 0.717) is 33.6 Å². The van der Waals surface area contributed by atoms with E-state index in [4.69, 9.17) is 4.74 Å². The predicted molar refractivity (Wildman–Crippen MR) is 154 cm³/mol. The first-order chi connectivity index (χ1) is 19.7. The number of halogens is 1. The summed E-state index contributed by atoms with van der Waals surface area (Å²) in [6.45, 7) is 5.18. The number of benzene rings is 3. The third-order valence-electron chi connectivity index (χ3n) is 7.78. The topological polar surface area (TPSA) is 93.5 Å². The number of nitrogens with zero attached hydrogens (tertiary/aromatic N) is 3. The Morgan fingerprint density at radius 1 is 0.976 bits per heavy atom. The molecular formula is C32H27FN4O4. The van der Waals surface area contributed by atoms with Crippen molar-refractivity contribution in [2.75, 3.05) is 12.0 Å². The summed E-state index contributed by atoms with van der Waals surface area (Å²) in [5, 5.41) is 4.53. The van der Waals surface area contributed by atoms with Crippen LogP contribution in [0.15, 0.2) is 79.0 Å². The molecule has 1 N–H and O–H groups in total. The number of hydrogen-bond acceptors (Lipinski definition) is 5. The zero-order valence-corrected chi connectivity index (χ0v) is 22.9. The minimum Gasteiger partial charge on any atom is -0.497 e. The quantitative estimate of drug-likeness (QED) is 0.292. The van der Waals surface area contributed by atoms with E-state index in [1.54, 1.807) is 28.8 Å². The second kappa shape index (κ2) is 9.55. The van der Waals surface area contributed by atoms with Crippen LogP contribution in [0, 0.1) is 11.7 Å². The van der Waals surface area contributed by atoms with Gasteiger partial charge in [0.25, 0.3) is 11.8 Å². The summed E-state index contributed by atoms with van der Waals surface area (Å²) >= 11 is 0. The fourth-order valence-corrected chi connectivity index (χ4v) is 5.80. The molecule has 1 aliphatic heterocycles. The molecule has 0 saturated heterocycles. The van der Waals surface area contributed by atoms with Gasteiger partial charge in [-0.2, -0.15) is 0 Å². The van der Waals surface area contributed by atoms with Crippen LogP contribution in [0.3, 0.4) is 0 Å². The largest absolute Gasteiger partial charge is 0.497 e. The van der Waals surface area contributed by atoms with Gasteiger partial charge in [0, 0.05) is 28.9 Å². The molecule has 3 aromatic carbocycles. The first kappa shape index (κ1) is 26.2. The lowest BCUT2D eigenvalue weighted by Gasteiger charge is -2.33. The van der Waals surface area contributed by atoms with Crippen LogP contribution < -0.4 is 15.0 Å². The molecule has 0 bridgehead atoms. The number of aromatic nitrogens is 2. The Balaban J connectivity index is 1.49. The highest BCUT2D eigenvalue weighted by molar-refractivity contribution is 6.16. The number of amides is 2. The molecule has 1 aliphatic rings. The van der Waals surface area contributed by atoms with Crippen LogP contribution in [0.4, 0.5) is 15.8 Å². The van der Waals surface area contributed by atoms with Gasteiger partial charge in [0.05, 0.1) is 30.0 Å². The van der Waals surface area contributed by atoms with E-state index >= 15 is 0 Å². The number of fused-ring (bicyclic) bond motifs is 4. The van der Waals surface area contributed by atoms with Crippen molar-refractivity contribution in [1.82, 2.24) is 14.9 Å². The van der Waals surface area contributed by atoms with Gasteiger partial charge in [-0.1, -0.05) is 32.0 Å². The predicted octanol–water partition coefficient (Wildman–Crippen LogP) is 5.96. The summed E-state index contributed by atoms with van der Waals surface area (Å²) in [6.07, 6.45) is 1.51. The van der Waals surface area contributed by atoms with Crippen LogP contribution in [0.5, 0.6) is 5.75 Å². The van der Waals surface area contributed by atoms with Crippen molar-refractivity contribution in [3.63, 3.8) is 0 Å². The Labute approximate surface area is 235 Å². The van der Waals surface area contributed by atoms with Crippen LogP contribution in [0.2, 0.25) is 0 Å². The Kier molecular flexibility index (Phi) is 6.10. The van der Waals surface area contributed by atoms with Crippen molar-refractivity contribution < 1.29 is 23.5 Å². The van der Waals surface area contributed by atoms with Crippen molar-refractivity contribution in [1.29, 1.82) is 0 Å². The zero-order chi connectivity index (χ0) is 29.1. The van der Waals surface area contributed by atoms with Gasteiger partial charge in [0.2, 0.25) is 5.91 Å². The van der Waals surface area contributed by atoms with Crippen molar-refractivity contribution in [3.05, 3.63) is 96.1 Å². The molecule has 0 fully saturated rings. The van der Waals surface area contributed by atoms with E-state index in [9.17, 15) is 18.8 Å². The molecule has 2 aromatic heterocycles. The standard InChI is InChI=1S/C32H27FN4O4/c1-18(2)32(25-15-22(41-4)13-14-28(25)37(31(32)40)21-11-9-20(33)10-12-21)35-30(39)26-16-24-23-7-5-6-8-27(23)36(19(3)38)29(24)17-34-26/h5-18H,1-4H3,(H,35,39). The van der Waals surface area contributed by atoms with Crippen LogP contribution in [-0.4, -0.2) is 34.4 Å². The van der Waals surface area contributed by atoms with Gasteiger partial charge < -0.3 is 10.1 Å². The number of nitrogens with one attached hydrogen (secondary N) is 1. The lowest BCUT2D eigenvalue weighted by atomic mass is 9.80. The zero-order valence-electron chi connectivity index (χ0n) is 22.9. The van der Waals surface area contributed by atoms with Crippen molar-refractivity contribution in [3.8, 4) is 5.75 Å². The molecule has 8 nitrogen and oxygen atoms in total. The first-order valence-electron chi connectivity index (χ1n) is 13.2. The lowest BCUT2D eigenvalue weighted by molar-refractivity contribution is -0.125. The van der Waals surface area contributed by atoms with Crippen LogP contribution in [0.25, 0.3) is 21.8 Å². The van der Waals surface area contributed by atoms with Crippen LogP contribution in [0.1, 0.15) is 41.6 Å². The second-order valence-electron chi connectivity index (χ2n) is 10.4. The molecule has 2 amide bonds. The summed E-state index contributed by atoms with van der Waals surface area (Å²) in [7, 11) is 1.53. The second-order valence-corrected chi connectivity index (χ2v) is 10.4. The summed E-state index contributed by atoms with van der Waals surface area (Å²) in [6, 6.07) is 20.0. The van der Waals surface area contributed by atoms with E-state index < -0.39 is 23.2 Å². The van der Waals surface area contributed by atoms with E-state index in [2.05, 4.69) is 10.3 Å². The van der Waals surface area contributed by atoms with Gasteiger partial charge in [-0.15, -0.1) is 0 Å². The highest BCUT2D eigenvalue weighted by Gasteiger charge is 2.55. The Hall–Kier alpha value is -5.05. The summed E-state index contributed by atoms with van der Waals surface area (Å²) in [5.41, 5.74) is 1.52. The third kappa shape index (κ3) is 3.88. The molecule has 9 heteroatoms. The number of ether oxygens (including phenoxy) is 1. The van der Waals surface area contributed by atoms with Gasteiger partial charge >= 0.3 is 0 Å². The number of anilines is 2. The maximum Gasteiger partial charge on any atom is 0.271 e. The molecule has 0 aliphatic carbocycles. The number of pyridine rings is 1. The van der Waals surface area contributed by atoms with Crippen molar-refractivity contribution >= 4 is 50.9 Å². The number of carbonyl (C=O) groups excluding carboxylic acids is 3. The molecule has 41 heavy (non-hydrogen) atoms. The molecule has 0 spiro atoms. The van der Waals surface area contributed by atoms with Crippen molar-refractivity contribution in [2.45, 2.75) is 26.3 Å². The molecule has 0 saturated carbocycles. The van der Waals surface area contributed by atoms with Crippen LogP contribution >= 0.6 is 0 Å². The van der Waals surface area contributed by atoms with Gasteiger partial charge in [-0.3, -0.25) is 23.9 Å². The van der Waals surface area contributed by atoms with Crippen molar-refractivity contribution in [2.24, 2.45) is 5.92 Å². The van der Waals surface area contributed by atoms with E-state index in [0.717, 1.165) is 10.9 Å². The van der Waals surface area contributed by atoms with E-state index in [-0.39, 0.29) is 17.5 Å². The average molecular weight is 551 g/mol. The molecule has 3 heterocycles. The molecule has 1 unspecified atom stereocenters. The minimum atomic E-state index is -1.47. The maximum atomic E-state index is 14.4. The Morgan fingerprint density at radius 2 is 1.71 bits per heavy atom. The molecular weight excluding hydrogens is 523 g/mol. The van der Waals surface area contributed by atoms with E-state index in [1.807, 2.05) is 38.1 Å². The Bertz CT molecular complexity index is 1880. The molecule has 0 radical (unpaired) electrons. The summed E-state index contributed by atoms with van der Waals surface area (Å²) in [4.78, 5) is 46.6. The first-order valence-corrected chi connectivity index (χ1v) is 13.2. The van der Waals surface area contributed by atoms with Crippen LogP contribution in [-0.2, 0) is 10.3 Å². The highest BCUT2D eigenvalue weighted by Crippen LogP contribution is 2.49. The lowest BCUT2D eigenvalue weighted by Crippen LogP contribution is -2.55. The fourth-order valence-electron chi connectivity index (χ4n) is 5.80. The van der Waals surface area contributed by atoms with Gasteiger partial charge in [-0.25, -0.2) is 9.37 Å². The summed E-state index contributed by atoms with van der Waals surface area (Å²) in [5.74, 6) is -1.40. The number of methoxy groups -OCH3 is 1. The number of rotatable bonds is 5. The minimum absolute atomic E-state index is 0.0986. The molecule has 206 valence electrons. The van der Waals surface area contributed by atoms with Gasteiger partial charge in [-0.05, 0) is 60.5 Å². The Morgan fingerprint density at radius 3 is 2.39 bits per heavy atom. The third-order valence-corrected chi connectivity index (χ3v) is 7.78. The normalized spacial score (nSPS) is 16.4. The molecule has 5 aromatic rings. The maximum absolute atomic E-state index is 14.4. The smallest absolute Gasteiger partial charge is 0.271 e. The number of hydrogen-bond donors (Lipinski definition) is 1.